The summed E-state index contributed by atoms with van der Waals surface area (Å²) in [6.07, 6.45) is 1.80. The van der Waals surface area contributed by atoms with Crippen LogP contribution in [-0.2, 0) is 0 Å². The molecule has 1 aromatic carbocycles. The molecule has 0 saturated carbocycles. The van der Waals surface area contributed by atoms with Crippen molar-refractivity contribution in [3.8, 4) is 0 Å². The molecule has 0 bridgehead atoms. The van der Waals surface area contributed by atoms with Gasteiger partial charge < -0.3 is 5.32 Å². The van der Waals surface area contributed by atoms with E-state index < -0.39 is 0 Å². The van der Waals surface area contributed by atoms with Crippen LogP contribution in [0.4, 0.5) is 4.39 Å². The highest BCUT2D eigenvalue weighted by Crippen LogP contribution is 2.26. The number of pyridine rings is 1. The first-order valence-corrected chi connectivity index (χ1v) is 6.54. The lowest BCUT2D eigenvalue weighted by Gasteiger charge is -2.21. The summed E-state index contributed by atoms with van der Waals surface area (Å²) in [4.78, 5) is 4.48. The van der Waals surface area contributed by atoms with E-state index >= 15 is 0 Å². The van der Waals surface area contributed by atoms with E-state index in [-0.39, 0.29) is 11.9 Å². The molecule has 0 amide bonds. The van der Waals surface area contributed by atoms with Crippen LogP contribution in [0.15, 0.2) is 36.5 Å². The van der Waals surface area contributed by atoms with Crippen LogP contribution in [0.5, 0.6) is 0 Å². The molecule has 0 fully saturated rings. The summed E-state index contributed by atoms with van der Waals surface area (Å²) in [5, 5.41) is 3.43. The minimum atomic E-state index is -0.200. The zero-order chi connectivity index (χ0) is 13.8. The minimum Gasteiger partial charge on any atom is -0.305 e. The fourth-order valence-electron chi connectivity index (χ4n) is 2.32. The molecule has 0 saturated heterocycles. The van der Waals surface area contributed by atoms with E-state index in [1.807, 2.05) is 32.0 Å². The van der Waals surface area contributed by atoms with Crippen LogP contribution < -0.4 is 5.32 Å². The molecule has 0 aliphatic rings. The van der Waals surface area contributed by atoms with Crippen molar-refractivity contribution in [2.24, 2.45) is 0 Å². The Morgan fingerprint density at radius 3 is 2.63 bits per heavy atom. The van der Waals surface area contributed by atoms with Gasteiger partial charge in [-0.2, -0.15) is 0 Å². The predicted molar refractivity (Wildman–Crippen MR) is 75.6 cm³/mol. The first-order valence-electron chi connectivity index (χ1n) is 6.54. The third-order valence-corrected chi connectivity index (χ3v) is 3.27. The zero-order valence-electron chi connectivity index (χ0n) is 11.6. The number of nitrogens with zero attached hydrogens (tertiary/aromatic N) is 1. The second-order valence-electron chi connectivity index (χ2n) is 4.70. The molecule has 100 valence electrons. The molecule has 3 heteroatoms. The van der Waals surface area contributed by atoms with Gasteiger partial charge in [-0.1, -0.05) is 19.1 Å². The number of aromatic nitrogens is 1. The molecule has 19 heavy (non-hydrogen) atoms. The molecule has 1 atom stereocenters. The van der Waals surface area contributed by atoms with Crippen LogP contribution in [0.1, 0.15) is 35.3 Å². The van der Waals surface area contributed by atoms with Crippen LogP contribution in [0.3, 0.4) is 0 Å². The first kappa shape index (κ1) is 13.7. The molecule has 0 aliphatic carbocycles. The maximum Gasteiger partial charge on any atom is 0.123 e. The highest BCUT2D eigenvalue weighted by Gasteiger charge is 2.18. The molecule has 1 heterocycles. The highest BCUT2D eigenvalue weighted by atomic mass is 19.1. The Morgan fingerprint density at radius 2 is 2.00 bits per heavy atom. The van der Waals surface area contributed by atoms with Crippen molar-refractivity contribution < 1.29 is 4.39 Å². The molecule has 0 radical (unpaired) electrons. The van der Waals surface area contributed by atoms with E-state index in [0.29, 0.717) is 0 Å². The molecule has 1 N–H and O–H groups in total. The molecule has 2 nitrogen and oxygen atoms in total. The van der Waals surface area contributed by atoms with E-state index in [1.54, 1.807) is 12.3 Å². The Kier molecular flexibility index (Phi) is 4.27. The molecular formula is C16H19FN2. The SMILES string of the molecule is CCNC(c1ccc(F)cc1C)c1ncccc1C. The Balaban J connectivity index is 2.48. The summed E-state index contributed by atoms with van der Waals surface area (Å²) in [7, 11) is 0. The summed E-state index contributed by atoms with van der Waals surface area (Å²) in [6, 6.07) is 8.90. The fourth-order valence-corrected chi connectivity index (χ4v) is 2.32. The van der Waals surface area contributed by atoms with Gasteiger partial charge in [0.2, 0.25) is 0 Å². The second kappa shape index (κ2) is 5.93. The van der Waals surface area contributed by atoms with Gasteiger partial charge in [0.25, 0.3) is 0 Å². The predicted octanol–water partition coefficient (Wildman–Crippen LogP) is 3.54. The quantitative estimate of drug-likeness (QED) is 0.907. The topological polar surface area (TPSA) is 24.9 Å². The number of hydrogen-bond acceptors (Lipinski definition) is 2. The third-order valence-electron chi connectivity index (χ3n) is 3.27. The molecule has 2 aromatic rings. The average Bonchev–Trinajstić information content (AvgIpc) is 2.38. The number of benzene rings is 1. The molecular weight excluding hydrogens is 239 g/mol. The summed E-state index contributed by atoms with van der Waals surface area (Å²) in [5.74, 6) is -0.200. The number of nitrogens with one attached hydrogen (secondary N) is 1. The molecule has 0 aliphatic heterocycles. The minimum absolute atomic E-state index is 0.00630. The van der Waals surface area contributed by atoms with Crippen LogP contribution in [0.25, 0.3) is 0 Å². The molecule has 2 rings (SSSR count). The largest absolute Gasteiger partial charge is 0.305 e. The lowest BCUT2D eigenvalue weighted by atomic mass is 9.96. The van der Waals surface area contributed by atoms with Crippen molar-refractivity contribution in [1.29, 1.82) is 0 Å². The normalized spacial score (nSPS) is 12.4. The Morgan fingerprint density at radius 1 is 1.21 bits per heavy atom. The van der Waals surface area contributed by atoms with Crippen molar-refractivity contribution >= 4 is 0 Å². The Hall–Kier alpha value is -1.74. The highest BCUT2D eigenvalue weighted by molar-refractivity contribution is 5.37. The van der Waals surface area contributed by atoms with Gasteiger partial charge in [0.1, 0.15) is 5.82 Å². The third kappa shape index (κ3) is 2.99. The van der Waals surface area contributed by atoms with Crippen LogP contribution in [0.2, 0.25) is 0 Å². The number of aryl methyl sites for hydroxylation is 2. The van der Waals surface area contributed by atoms with Gasteiger partial charge in [-0.25, -0.2) is 4.39 Å². The average molecular weight is 258 g/mol. The number of rotatable bonds is 4. The van der Waals surface area contributed by atoms with E-state index in [4.69, 9.17) is 0 Å². The summed E-state index contributed by atoms with van der Waals surface area (Å²) >= 11 is 0. The van der Waals surface area contributed by atoms with E-state index in [9.17, 15) is 4.39 Å². The number of halogens is 1. The monoisotopic (exact) mass is 258 g/mol. The van der Waals surface area contributed by atoms with Crippen molar-refractivity contribution in [1.82, 2.24) is 10.3 Å². The van der Waals surface area contributed by atoms with Crippen molar-refractivity contribution in [2.75, 3.05) is 6.54 Å². The van der Waals surface area contributed by atoms with Crippen LogP contribution in [0, 0.1) is 19.7 Å². The van der Waals surface area contributed by atoms with Gasteiger partial charge in [-0.15, -0.1) is 0 Å². The van der Waals surface area contributed by atoms with Crippen LogP contribution in [-0.4, -0.2) is 11.5 Å². The van der Waals surface area contributed by atoms with Gasteiger partial charge in [-0.05, 0) is 55.3 Å². The zero-order valence-corrected chi connectivity index (χ0v) is 11.6. The summed E-state index contributed by atoms with van der Waals surface area (Å²) < 4.78 is 13.2. The maximum absolute atomic E-state index is 13.2. The van der Waals surface area contributed by atoms with Crippen molar-refractivity contribution in [3.63, 3.8) is 0 Å². The summed E-state index contributed by atoms with van der Waals surface area (Å²) in [6.45, 7) is 6.87. The fraction of sp³-hybridized carbons (Fsp3) is 0.312. The molecule has 1 unspecified atom stereocenters. The standard InChI is InChI=1S/C16H19FN2/c1-4-18-16(15-11(2)6-5-9-19-15)14-8-7-13(17)10-12(14)3/h5-10,16,18H,4H2,1-3H3. The van der Waals surface area contributed by atoms with Crippen molar-refractivity contribution in [2.45, 2.75) is 26.8 Å². The van der Waals surface area contributed by atoms with E-state index in [2.05, 4.69) is 17.2 Å². The summed E-state index contributed by atoms with van der Waals surface area (Å²) in [5.41, 5.74) is 4.15. The second-order valence-corrected chi connectivity index (χ2v) is 4.70. The Labute approximate surface area is 113 Å². The van der Waals surface area contributed by atoms with Crippen molar-refractivity contribution in [3.05, 3.63) is 64.7 Å². The Bertz CT molecular complexity index is 566. The number of hydrogen-bond donors (Lipinski definition) is 1. The van der Waals surface area contributed by atoms with Gasteiger partial charge >= 0.3 is 0 Å². The maximum atomic E-state index is 13.2. The van der Waals surface area contributed by atoms with E-state index in [0.717, 1.165) is 28.9 Å². The lowest BCUT2D eigenvalue weighted by molar-refractivity contribution is 0.599. The molecule has 0 spiro atoms. The van der Waals surface area contributed by atoms with Gasteiger partial charge in [-0.3, -0.25) is 4.98 Å². The molecule has 1 aromatic heterocycles. The first-order chi connectivity index (χ1) is 9.13. The smallest absolute Gasteiger partial charge is 0.123 e. The van der Waals surface area contributed by atoms with E-state index in [1.165, 1.54) is 6.07 Å². The van der Waals surface area contributed by atoms with Gasteiger partial charge in [0, 0.05) is 6.20 Å². The van der Waals surface area contributed by atoms with Gasteiger partial charge in [0.15, 0.2) is 0 Å². The van der Waals surface area contributed by atoms with Gasteiger partial charge in [0.05, 0.1) is 11.7 Å². The lowest BCUT2D eigenvalue weighted by Crippen LogP contribution is -2.24. The van der Waals surface area contributed by atoms with Crippen LogP contribution >= 0.6 is 0 Å².